The molecule has 0 spiro atoms. The Kier molecular flexibility index (Phi) is 5.97. The summed E-state index contributed by atoms with van der Waals surface area (Å²) in [7, 11) is -1.98. The van der Waals surface area contributed by atoms with E-state index in [9.17, 15) is 13.2 Å². The molecule has 6 nitrogen and oxygen atoms in total. The molecule has 0 bridgehead atoms. The summed E-state index contributed by atoms with van der Waals surface area (Å²) in [5.41, 5.74) is 0.881. The number of carbonyl (C=O) groups excluding carboxylic acids is 1. The number of hydrogen-bond acceptors (Lipinski definition) is 5. The highest BCUT2D eigenvalue weighted by molar-refractivity contribution is 7.88. The van der Waals surface area contributed by atoms with Gasteiger partial charge in [-0.1, -0.05) is 6.07 Å². The Morgan fingerprint density at radius 1 is 1.35 bits per heavy atom. The van der Waals surface area contributed by atoms with Crippen LogP contribution in [0.4, 0.5) is 0 Å². The topological polar surface area (TPSA) is 70.8 Å². The van der Waals surface area contributed by atoms with E-state index in [1.807, 2.05) is 17.5 Å². The Labute approximate surface area is 140 Å². The second kappa shape index (κ2) is 7.76. The predicted molar refractivity (Wildman–Crippen MR) is 89.6 cm³/mol. The molecule has 0 atom stereocenters. The van der Waals surface area contributed by atoms with Crippen molar-refractivity contribution < 1.29 is 17.6 Å². The molecule has 0 N–H and O–H groups in total. The average Bonchev–Trinajstić information content (AvgIpc) is 3.15. The van der Waals surface area contributed by atoms with Gasteiger partial charge in [-0.05, 0) is 23.9 Å². The molecule has 2 aromatic heterocycles. The number of carbonyl (C=O) groups is 1. The van der Waals surface area contributed by atoms with E-state index in [1.54, 1.807) is 34.8 Å². The Morgan fingerprint density at radius 2 is 2.13 bits per heavy atom. The van der Waals surface area contributed by atoms with E-state index in [0.717, 1.165) is 22.5 Å². The zero-order valence-electron chi connectivity index (χ0n) is 13.1. The average molecular weight is 356 g/mol. The van der Waals surface area contributed by atoms with Gasteiger partial charge in [0, 0.05) is 30.6 Å². The third-order valence-electron chi connectivity index (χ3n) is 3.44. The number of furan rings is 1. The van der Waals surface area contributed by atoms with Crippen molar-refractivity contribution in [1.29, 1.82) is 0 Å². The first-order chi connectivity index (χ1) is 10.9. The van der Waals surface area contributed by atoms with Crippen molar-refractivity contribution in [1.82, 2.24) is 9.21 Å². The summed E-state index contributed by atoms with van der Waals surface area (Å²) in [6, 6.07) is 5.79. The highest BCUT2D eigenvalue weighted by atomic mass is 32.2. The predicted octanol–water partition coefficient (Wildman–Crippen LogP) is 1.80. The van der Waals surface area contributed by atoms with Gasteiger partial charge < -0.3 is 9.32 Å². The number of likely N-dealkylation sites (N-methyl/N-ethyl adjacent to an activating group) is 1. The minimum absolute atomic E-state index is 0.166. The molecule has 0 saturated carbocycles. The number of nitrogens with zero attached hydrogens (tertiary/aromatic N) is 2. The molecule has 0 aliphatic carbocycles. The molecule has 2 rings (SSSR count). The van der Waals surface area contributed by atoms with E-state index in [0.29, 0.717) is 13.1 Å². The molecule has 23 heavy (non-hydrogen) atoms. The fraction of sp³-hybridized carbons (Fsp3) is 0.400. The molecule has 126 valence electrons. The number of sulfonamides is 1. The maximum absolute atomic E-state index is 12.5. The van der Waals surface area contributed by atoms with E-state index in [-0.39, 0.29) is 12.5 Å². The number of rotatable bonds is 8. The van der Waals surface area contributed by atoms with Crippen LogP contribution in [0.3, 0.4) is 0 Å². The van der Waals surface area contributed by atoms with E-state index in [4.69, 9.17) is 4.42 Å². The smallest absolute Gasteiger partial charge is 0.238 e. The van der Waals surface area contributed by atoms with E-state index >= 15 is 0 Å². The quantitative estimate of drug-likeness (QED) is 0.723. The Bertz CT molecular complexity index is 709. The van der Waals surface area contributed by atoms with Gasteiger partial charge in [0.2, 0.25) is 15.9 Å². The molecule has 8 heteroatoms. The summed E-state index contributed by atoms with van der Waals surface area (Å²) in [6.07, 6.45) is 4.97. The molecular formula is C15H20N2O4S2. The van der Waals surface area contributed by atoms with Gasteiger partial charge >= 0.3 is 0 Å². The first-order valence-electron chi connectivity index (χ1n) is 7.09. The Hall–Kier alpha value is -1.64. The van der Waals surface area contributed by atoms with Crippen molar-refractivity contribution in [3.63, 3.8) is 0 Å². The SMILES string of the molecule is CN(CC(=O)N(CCc1cccs1)Cc1ccoc1)S(C)(=O)=O. The second-order valence-electron chi connectivity index (χ2n) is 5.30. The van der Waals surface area contributed by atoms with Crippen molar-refractivity contribution in [3.8, 4) is 0 Å². The van der Waals surface area contributed by atoms with E-state index in [1.165, 1.54) is 11.9 Å². The van der Waals surface area contributed by atoms with Crippen molar-refractivity contribution >= 4 is 27.3 Å². The second-order valence-corrected chi connectivity index (χ2v) is 8.42. The molecule has 1 amide bonds. The molecule has 0 saturated heterocycles. The van der Waals surface area contributed by atoms with Gasteiger partial charge in [-0.2, -0.15) is 4.31 Å². The van der Waals surface area contributed by atoms with Gasteiger partial charge in [-0.25, -0.2) is 8.42 Å². The molecule has 0 aliphatic rings. The zero-order valence-corrected chi connectivity index (χ0v) is 14.8. The van der Waals surface area contributed by atoms with Crippen LogP contribution in [-0.2, 0) is 27.8 Å². The van der Waals surface area contributed by atoms with Crippen LogP contribution in [0.2, 0.25) is 0 Å². The van der Waals surface area contributed by atoms with Gasteiger partial charge in [-0.15, -0.1) is 11.3 Å². The molecule has 0 unspecified atom stereocenters. The highest BCUT2D eigenvalue weighted by Gasteiger charge is 2.20. The lowest BCUT2D eigenvalue weighted by molar-refractivity contribution is -0.131. The maximum Gasteiger partial charge on any atom is 0.238 e. The minimum Gasteiger partial charge on any atom is -0.472 e. The van der Waals surface area contributed by atoms with Crippen LogP contribution in [0.25, 0.3) is 0 Å². The molecular weight excluding hydrogens is 336 g/mol. The molecule has 0 aliphatic heterocycles. The first kappa shape index (κ1) is 17.7. The lowest BCUT2D eigenvalue weighted by Gasteiger charge is -2.24. The summed E-state index contributed by atoms with van der Waals surface area (Å²) in [6.45, 7) is 0.765. The highest BCUT2D eigenvalue weighted by Crippen LogP contribution is 2.12. The number of amides is 1. The molecule has 2 heterocycles. The monoisotopic (exact) mass is 356 g/mol. The fourth-order valence-electron chi connectivity index (χ4n) is 2.00. The lowest BCUT2D eigenvalue weighted by Crippen LogP contribution is -2.41. The minimum atomic E-state index is -3.38. The van der Waals surface area contributed by atoms with Crippen molar-refractivity contribution in [2.45, 2.75) is 13.0 Å². The lowest BCUT2D eigenvalue weighted by atomic mass is 10.2. The van der Waals surface area contributed by atoms with Crippen molar-refractivity contribution in [2.75, 3.05) is 26.4 Å². The van der Waals surface area contributed by atoms with Crippen LogP contribution < -0.4 is 0 Å². The van der Waals surface area contributed by atoms with Crippen LogP contribution in [0.15, 0.2) is 40.5 Å². The summed E-state index contributed by atoms with van der Waals surface area (Å²) < 4.78 is 29.1. The third-order valence-corrected chi connectivity index (χ3v) is 5.64. The van der Waals surface area contributed by atoms with Crippen LogP contribution in [0.1, 0.15) is 10.4 Å². The van der Waals surface area contributed by atoms with Crippen LogP contribution in [0, 0.1) is 0 Å². The molecule has 0 aromatic carbocycles. The summed E-state index contributed by atoms with van der Waals surface area (Å²) in [5, 5.41) is 2.00. The fourth-order valence-corrected chi connectivity index (χ4v) is 3.05. The molecule has 0 radical (unpaired) electrons. The van der Waals surface area contributed by atoms with Gasteiger partial charge in [0.15, 0.2) is 0 Å². The normalized spacial score (nSPS) is 11.8. The zero-order chi connectivity index (χ0) is 16.9. The molecule has 2 aromatic rings. The Morgan fingerprint density at radius 3 is 2.70 bits per heavy atom. The largest absolute Gasteiger partial charge is 0.472 e. The third kappa shape index (κ3) is 5.49. The Balaban J connectivity index is 2.03. The number of thiophene rings is 1. The number of hydrogen-bond donors (Lipinski definition) is 0. The van der Waals surface area contributed by atoms with Gasteiger partial charge in [0.1, 0.15) is 0 Å². The van der Waals surface area contributed by atoms with Gasteiger partial charge in [-0.3, -0.25) is 4.79 Å². The summed E-state index contributed by atoms with van der Waals surface area (Å²) in [5.74, 6) is -0.226. The van der Waals surface area contributed by atoms with E-state index < -0.39 is 10.0 Å². The summed E-state index contributed by atoms with van der Waals surface area (Å²) in [4.78, 5) is 15.3. The van der Waals surface area contributed by atoms with E-state index in [2.05, 4.69) is 0 Å². The maximum atomic E-state index is 12.5. The molecule has 0 fully saturated rings. The van der Waals surface area contributed by atoms with Crippen LogP contribution in [0.5, 0.6) is 0 Å². The first-order valence-corrected chi connectivity index (χ1v) is 9.81. The van der Waals surface area contributed by atoms with Crippen LogP contribution >= 0.6 is 11.3 Å². The van der Waals surface area contributed by atoms with Crippen molar-refractivity contribution in [2.24, 2.45) is 0 Å². The van der Waals surface area contributed by atoms with Crippen LogP contribution in [-0.4, -0.2) is 49.9 Å². The summed E-state index contributed by atoms with van der Waals surface area (Å²) >= 11 is 1.64. The van der Waals surface area contributed by atoms with Crippen molar-refractivity contribution in [3.05, 3.63) is 46.5 Å². The standard InChI is InChI=1S/C15H20N2O4S2/c1-16(23(2,19)20)11-15(18)17(10-13-6-8-21-12-13)7-5-14-4-3-9-22-14/h3-4,6,8-9,12H,5,7,10-11H2,1-2H3. The van der Waals surface area contributed by atoms with Gasteiger partial charge in [0.25, 0.3) is 0 Å². The van der Waals surface area contributed by atoms with Gasteiger partial charge in [0.05, 0.1) is 25.3 Å².